The smallest absolute Gasteiger partial charge is 0.407 e. The Morgan fingerprint density at radius 2 is 2.26 bits per heavy atom. The maximum atomic E-state index is 11.4. The predicted molar refractivity (Wildman–Crippen MR) is 75.9 cm³/mol. The van der Waals surface area contributed by atoms with Crippen molar-refractivity contribution in [3.63, 3.8) is 0 Å². The number of likely N-dealkylation sites (tertiary alicyclic amines) is 1. The number of likely N-dealkylation sites (N-methyl/N-ethyl adjacent to an activating group) is 1. The van der Waals surface area contributed by atoms with Gasteiger partial charge in [-0.05, 0) is 31.6 Å². The summed E-state index contributed by atoms with van der Waals surface area (Å²) in [6.07, 6.45) is -0.0719. The molecule has 1 aromatic rings. The Hall–Kier alpha value is -0.970. The van der Waals surface area contributed by atoms with Crippen molar-refractivity contribution in [2.45, 2.75) is 19.0 Å². The van der Waals surface area contributed by atoms with Crippen LogP contribution < -0.4 is 0 Å². The van der Waals surface area contributed by atoms with Gasteiger partial charge in [-0.1, -0.05) is 35.3 Å². The molecule has 0 saturated carbocycles. The molecule has 19 heavy (non-hydrogen) atoms. The molecule has 0 aliphatic carbocycles. The van der Waals surface area contributed by atoms with Crippen LogP contribution in [-0.4, -0.2) is 47.2 Å². The van der Waals surface area contributed by atoms with Crippen molar-refractivity contribution in [2.24, 2.45) is 0 Å². The molecule has 1 aliphatic heterocycles. The monoisotopic (exact) mass is 302 g/mol. The molecular formula is C13H16Cl2N2O2. The van der Waals surface area contributed by atoms with Gasteiger partial charge in [0.05, 0.1) is 16.6 Å². The lowest BCUT2D eigenvalue weighted by Gasteiger charge is -2.26. The zero-order chi connectivity index (χ0) is 14.0. The van der Waals surface area contributed by atoms with Crippen molar-refractivity contribution in [3.05, 3.63) is 33.8 Å². The van der Waals surface area contributed by atoms with E-state index in [1.54, 1.807) is 12.1 Å². The molecule has 1 heterocycles. The maximum Gasteiger partial charge on any atom is 0.407 e. The van der Waals surface area contributed by atoms with Gasteiger partial charge in [-0.3, -0.25) is 4.90 Å². The fourth-order valence-corrected chi connectivity index (χ4v) is 2.75. The molecule has 6 heteroatoms. The Morgan fingerprint density at radius 3 is 2.84 bits per heavy atom. The summed E-state index contributed by atoms with van der Waals surface area (Å²) in [7, 11) is 1.99. The highest BCUT2D eigenvalue weighted by Crippen LogP contribution is 2.28. The Kier molecular flexibility index (Phi) is 4.55. The number of halogens is 2. The second-order valence-electron chi connectivity index (χ2n) is 4.83. The summed E-state index contributed by atoms with van der Waals surface area (Å²) in [6.45, 7) is 1.94. The van der Waals surface area contributed by atoms with Crippen LogP contribution in [0, 0.1) is 0 Å². The molecule has 0 unspecified atom stereocenters. The van der Waals surface area contributed by atoms with Gasteiger partial charge in [-0.15, -0.1) is 0 Å². The summed E-state index contributed by atoms with van der Waals surface area (Å²) in [5.41, 5.74) is 0.742. The molecule has 0 aromatic heterocycles. The highest BCUT2D eigenvalue weighted by molar-refractivity contribution is 6.42. The highest BCUT2D eigenvalue weighted by Gasteiger charge is 2.29. The van der Waals surface area contributed by atoms with Crippen LogP contribution in [0.15, 0.2) is 18.2 Å². The number of carbonyl (C=O) groups is 1. The topological polar surface area (TPSA) is 43.8 Å². The zero-order valence-corrected chi connectivity index (χ0v) is 12.2. The lowest BCUT2D eigenvalue weighted by molar-refractivity contribution is 0.122. The molecule has 104 valence electrons. The van der Waals surface area contributed by atoms with Crippen LogP contribution in [0.25, 0.3) is 0 Å². The van der Waals surface area contributed by atoms with Crippen LogP contribution in [0.3, 0.4) is 0 Å². The zero-order valence-electron chi connectivity index (χ0n) is 10.6. The summed E-state index contributed by atoms with van der Waals surface area (Å²) in [6, 6.07) is 5.30. The molecule has 4 nitrogen and oxygen atoms in total. The molecule has 1 amide bonds. The first-order chi connectivity index (χ1) is 8.99. The number of hydrogen-bond acceptors (Lipinski definition) is 2. The molecule has 1 aliphatic rings. The number of rotatable bonds is 3. The van der Waals surface area contributed by atoms with Crippen molar-refractivity contribution in [1.82, 2.24) is 9.80 Å². The second kappa shape index (κ2) is 5.99. The summed E-state index contributed by atoms with van der Waals surface area (Å²) in [5.74, 6) is 0. The third-order valence-electron chi connectivity index (χ3n) is 3.43. The number of carboxylic acid groups (broad SMARTS) is 1. The summed E-state index contributed by atoms with van der Waals surface area (Å²) >= 11 is 12.1. The van der Waals surface area contributed by atoms with Gasteiger partial charge in [0.2, 0.25) is 0 Å². The highest BCUT2D eigenvalue weighted by atomic mass is 35.5. The van der Waals surface area contributed by atoms with Crippen LogP contribution in [0.4, 0.5) is 4.79 Å². The molecule has 1 saturated heterocycles. The molecule has 1 aromatic carbocycles. The van der Waals surface area contributed by atoms with Gasteiger partial charge in [-0.2, -0.15) is 0 Å². The van der Waals surface area contributed by atoms with Crippen LogP contribution >= 0.6 is 23.2 Å². The lowest BCUT2D eigenvalue weighted by Crippen LogP contribution is -2.40. The van der Waals surface area contributed by atoms with Gasteiger partial charge in [0.25, 0.3) is 0 Å². The quantitative estimate of drug-likeness (QED) is 0.932. The SMILES string of the molecule is CN1CC[C@H](N(Cc2cccc(Cl)c2Cl)C(=O)O)C1. The van der Waals surface area contributed by atoms with Gasteiger partial charge in [-0.25, -0.2) is 4.79 Å². The minimum Gasteiger partial charge on any atom is -0.465 e. The van der Waals surface area contributed by atoms with Crippen molar-refractivity contribution in [1.29, 1.82) is 0 Å². The van der Waals surface area contributed by atoms with Gasteiger partial charge in [0.1, 0.15) is 0 Å². The van der Waals surface area contributed by atoms with Crippen molar-refractivity contribution in [3.8, 4) is 0 Å². The number of amides is 1. The van der Waals surface area contributed by atoms with E-state index in [-0.39, 0.29) is 12.6 Å². The van der Waals surface area contributed by atoms with Gasteiger partial charge in [0.15, 0.2) is 0 Å². The maximum absolute atomic E-state index is 11.4. The van der Waals surface area contributed by atoms with Crippen LogP contribution in [0.1, 0.15) is 12.0 Å². The first-order valence-corrected chi connectivity index (χ1v) is 6.85. The van der Waals surface area contributed by atoms with Crippen molar-refractivity contribution in [2.75, 3.05) is 20.1 Å². The van der Waals surface area contributed by atoms with E-state index in [9.17, 15) is 9.90 Å². The molecule has 1 N–H and O–H groups in total. The average molecular weight is 303 g/mol. The molecule has 2 rings (SSSR count). The first kappa shape index (κ1) is 14.4. The van der Waals surface area contributed by atoms with E-state index in [1.807, 2.05) is 13.1 Å². The molecule has 1 atom stereocenters. The van der Waals surface area contributed by atoms with Crippen LogP contribution in [0.5, 0.6) is 0 Å². The van der Waals surface area contributed by atoms with Crippen LogP contribution in [0.2, 0.25) is 10.0 Å². The van der Waals surface area contributed by atoms with E-state index in [0.717, 1.165) is 25.1 Å². The summed E-state index contributed by atoms with van der Waals surface area (Å²) in [5, 5.41) is 10.3. The van der Waals surface area contributed by atoms with E-state index in [0.29, 0.717) is 10.0 Å². The number of benzene rings is 1. The normalized spacial score (nSPS) is 19.6. The Balaban J connectivity index is 2.17. The van der Waals surface area contributed by atoms with E-state index >= 15 is 0 Å². The fraction of sp³-hybridized carbons (Fsp3) is 0.462. The third kappa shape index (κ3) is 3.32. The van der Waals surface area contributed by atoms with Crippen molar-refractivity contribution < 1.29 is 9.90 Å². The standard InChI is InChI=1S/C13H16Cl2N2O2/c1-16-6-5-10(8-16)17(13(18)19)7-9-3-2-4-11(14)12(9)15/h2-4,10H,5-8H2,1H3,(H,18,19)/t10-/m0/s1. The molecule has 0 bridgehead atoms. The Bertz CT molecular complexity index is 482. The molecule has 0 radical (unpaired) electrons. The van der Waals surface area contributed by atoms with E-state index in [4.69, 9.17) is 23.2 Å². The van der Waals surface area contributed by atoms with E-state index < -0.39 is 6.09 Å². The van der Waals surface area contributed by atoms with E-state index in [2.05, 4.69) is 4.90 Å². The second-order valence-corrected chi connectivity index (χ2v) is 5.61. The van der Waals surface area contributed by atoms with Crippen molar-refractivity contribution >= 4 is 29.3 Å². The Labute approximate surface area is 122 Å². The number of nitrogens with zero attached hydrogens (tertiary/aromatic N) is 2. The minimum atomic E-state index is -0.920. The average Bonchev–Trinajstić information content (AvgIpc) is 2.77. The Morgan fingerprint density at radius 1 is 1.53 bits per heavy atom. The summed E-state index contributed by atoms with van der Waals surface area (Å²) < 4.78 is 0. The van der Waals surface area contributed by atoms with Gasteiger partial charge in [0, 0.05) is 12.6 Å². The van der Waals surface area contributed by atoms with Crippen LogP contribution in [-0.2, 0) is 6.54 Å². The third-order valence-corrected chi connectivity index (χ3v) is 4.28. The predicted octanol–water partition coefficient (Wildman–Crippen LogP) is 3.18. The van der Waals surface area contributed by atoms with Gasteiger partial charge >= 0.3 is 6.09 Å². The molecular weight excluding hydrogens is 287 g/mol. The minimum absolute atomic E-state index is 0.0116. The summed E-state index contributed by atoms with van der Waals surface area (Å²) in [4.78, 5) is 15.0. The lowest BCUT2D eigenvalue weighted by atomic mass is 10.1. The number of hydrogen-bond donors (Lipinski definition) is 1. The largest absolute Gasteiger partial charge is 0.465 e. The molecule has 1 fully saturated rings. The molecule has 0 spiro atoms. The van der Waals surface area contributed by atoms with E-state index in [1.165, 1.54) is 4.90 Å². The fourth-order valence-electron chi connectivity index (χ4n) is 2.37. The first-order valence-electron chi connectivity index (χ1n) is 6.10. The van der Waals surface area contributed by atoms with Gasteiger partial charge < -0.3 is 10.0 Å².